The lowest BCUT2D eigenvalue weighted by molar-refractivity contribution is -0.145. The van der Waals surface area contributed by atoms with E-state index in [0.29, 0.717) is 19.3 Å². The molecule has 9 atom stereocenters. The lowest BCUT2D eigenvalue weighted by Crippen LogP contribution is -2.66. The summed E-state index contributed by atoms with van der Waals surface area (Å²) in [5.41, 5.74) is -1.62. The first kappa shape index (κ1) is 69.3. The zero-order valence-corrected chi connectivity index (χ0v) is 56.4. The van der Waals surface area contributed by atoms with Crippen molar-refractivity contribution >= 4 is 92.6 Å². The Morgan fingerprint density at radius 1 is 0.414 bits per heavy atom. The van der Waals surface area contributed by atoms with E-state index in [-0.39, 0.29) is 12.1 Å². The minimum absolute atomic E-state index is 0.0941. The molecule has 0 aromatic rings. The number of hydrogen-bond acceptors (Lipinski definition) is 15. The third-order valence-electron chi connectivity index (χ3n) is 12.2. The SMILES string of the molecule is CCCCCCCCCC(C(=O)OC)[Si](C)(O[Si](C)(C)C)O[Si](C)(O[Si](C)(CC(C)C(=O)OC)O[Si](C)(CC(C)C(=O)OC)O[SiH](C)O[Si](C)(C)O[Si](C)(C)C)C(CCCCCCCCC)C(=O)OC. The molecule has 0 bridgehead atoms. The predicted molar refractivity (Wildman–Crippen MR) is 300 cm³/mol. The van der Waals surface area contributed by atoms with Gasteiger partial charge in [0.25, 0.3) is 0 Å². The van der Waals surface area contributed by atoms with Crippen molar-refractivity contribution in [3.8, 4) is 0 Å². The molecule has 0 spiro atoms. The van der Waals surface area contributed by atoms with Gasteiger partial charge in [-0.05, 0) is 98.0 Å². The van der Waals surface area contributed by atoms with Crippen LogP contribution in [0.5, 0.6) is 0 Å². The number of carbonyl (C=O) groups is 4. The minimum atomic E-state index is -4.08. The standard InChI is InChI=1S/C47H104O15Si8/c1-22-24-26-28-30-32-34-36-42(46(50)54-7)69(20,59-65(13,14)15)62-70(21,43(47(51)55-8)37-35-33-31-29-27-25-23-2)61-68(19,39-41(4)45(49)53-6)60-67(18,38-40(3)44(48)52-5)57-63(9)56-66(16,17)58-64(10,11)12/h40-43,63H,22-39H2,1-21H3. The third-order valence-corrected chi connectivity index (χ3v) is 43.9. The molecule has 0 aliphatic carbocycles. The fraction of sp³-hybridized carbons (Fsp3) is 0.915. The monoisotopic (exact) mass is 1130 g/mol. The van der Waals surface area contributed by atoms with Gasteiger partial charge in [0.15, 0.2) is 16.6 Å². The van der Waals surface area contributed by atoms with E-state index in [0.717, 1.165) is 64.2 Å². The summed E-state index contributed by atoms with van der Waals surface area (Å²) in [6, 6.07) is 0.276. The zero-order valence-electron chi connectivity index (χ0n) is 48.2. The maximum atomic E-state index is 14.6. The third kappa shape index (κ3) is 27.7. The summed E-state index contributed by atoms with van der Waals surface area (Å²) in [5.74, 6) is -3.12. The lowest BCUT2D eigenvalue weighted by atomic mass is 10.1. The van der Waals surface area contributed by atoms with Crippen molar-refractivity contribution in [2.24, 2.45) is 11.8 Å². The Bertz CT molecular complexity index is 1540. The van der Waals surface area contributed by atoms with E-state index < -0.39 is 116 Å². The molecule has 0 aliphatic rings. The molecular weight excluding hydrogens is 1030 g/mol. The molecule has 414 valence electrons. The highest BCUT2D eigenvalue weighted by Crippen LogP contribution is 2.44. The maximum absolute atomic E-state index is 14.6. The summed E-state index contributed by atoms with van der Waals surface area (Å²) in [6.45, 7) is 34.1. The van der Waals surface area contributed by atoms with E-state index in [1.807, 2.05) is 45.8 Å². The first-order valence-electron chi connectivity index (χ1n) is 26.4. The van der Waals surface area contributed by atoms with Crippen LogP contribution in [0.4, 0.5) is 0 Å². The van der Waals surface area contributed by atoms with Gasteiger partial charge in [-0.25, -0.2) is 0 Å². The smallest absolute Gasteiger partial charge is 0.331 e. The normalized spacial score (nSPS) is 18.2. The fourth-order valence-electron chi connectivity index (χ4n) is 9.74. The second-order valence-corrected chi connectivity index (χ2v) is 51.6. The number of unbranched alkanes of at least 4 members (excludes halogenated alkanes) is 12. The highest BCUT2D eigenvalue weighted by atomic mass is 28.5. The highest BCUT2D eigenvalue weighted by Gasteiger charge is 2.61. The number of hydrogen-bond donors (Lipinski definition) is 0. The van der Waals surface area contributed by atoms with Gasteiger partial charge in [-0.15, -0.1) is 0 Å². The first-order chi connectivity index (χ1) is 32.2. The Hall–Kier alpha value is -0.665. The van der Waals surface area contributed by atoms with Gasteiger partial charge in [-0.2, -0.15) is 0 Å². The van der Waals surface area contributed by atoms with Gasteiger partial charge in [-0.1, -0.05) is 118 Å². The molecule has 0 saturated heterocycles. The molecule has 0 radical (unpaired) electrons. The van der Waals surface area contributed by atoms with E-state index in [9.17, 15) is 19.2 Å². The van der Waals surface area contributed by atoms with Crippen molar-refractivity contribution in [3.05, 3.63) is 0 Å². The van der Waals surface area contributed by atoms with Crippen LogP contribution in [0.2, 0.25) is 108 Å². The van der Waals surface area contributed by atoms with Crippen LogP contribution in [-0.4, -0.2) is 121 Å². The van der Waals surface area contributed by atoms with Crippen molar-refractivity contribution < 1.29 is 66.9 Å². The molecule has 9 unspecified atom stereocenters. The Morgan fingerprint density at radius 2 is 0.757 bits per heavy atom. The molecule has 23 heteroatoms. The summed E-state index contributed by atoms with van der Waals surface area (Å²) in [7, 11) is -19.6. The predicted octanol–water partition coefficient (Wildman–Crippen LogP) is 12.6. The van der Waals surface area contributed by atoms with E-state index in [2.05, 4.69) is 53.1 Å². The summed E-state index contributed by atoms with van der Waals surface area (Å²) in [4.78, 5) is 55.4. The molecule has 0 aliphatic heterocycles. The van der Waals surface area contributed by atoms with Gasteiger partial charge >= 0.3 is 76.0 Å². The molecule has 0 saturated carbocycles. The Labute approximate surface area is 436 Å². The van der Waals surface area contributed by atoms with E-state index in [1.54, 1.807) is 13.8 Å². The van der Waals surface area contributed by atoms with E-state index >= 15 is 0 Å². The van der Waals surface area contributed by atoms with E-state index in [4.69, 9.17) is 47.8 Å². The number of carbonyl (C=O) groups excluding carboxylic acids is 4. The maximum Gasteiger partial charge on any atom is 0.331 e. The summed E-state index contributed by atoms with van der Waals surface area (Å²) < 4.78 is 72.2. The summed E-state index contributed by atoms with van der Waals surface area (Å²) in [5, 5.41) is 0. The van der Waals surface area contributed by atoms with Crippen LogP contribution in [0.15, 0.2) is 0 Å². The molecule has 15 nitrogen and oxygen atoms in total. The second kappa shape index (κ2) is 32.7. The number of esters is 4. The largest absolute Gasteiger partial charge is 0.469 e. The van der Waals surface area contributed by atoms with Gasteiger partial charge < -0.3 is 47.8 Å². The Morgan fingerprint density at radius 3 is 1.11 bits per heavy atom. The average Bonchev–Trinajstić information content (AvgIpc) is 3.21. The fourth-order valence-corrected chi connectivity index (χ4v) is 49.1. The van der Waals surface area contributed by atoms with Crippen molar-refractivity contribution in [1.29, 1.82) is 0 Å². The van der Waals surface area contributed by atoms with Crippen LogP contribution >= 0.6 is 0 Å². The average molecular weight is 1130 g/mol. The van der Waals surface area contributed by atoms with Crippen molar-refractivity contribution in [3.63, 3.8) is 0 Å². The topological polar surface area (TPSA) is 170 Å². The molecular formula is C47H104O15Si8. The van der Waals surface area contributed by atoms with Crippen LogP contribution in [0.3, 0.4) is 0 Å². The molecule has 0 heterocycles. The Kier molecular flexibility index (Phi) is 32.4. The van der Waals surface area contributed by atoms with Gasteiger partial charge in [0.1, 0.15) is 0 Å². The number of rotatable bonds is 40. The van der Waals surface area contributed by atoms with E-state index in [1.165, 1.54) is 47.7 Å². The van der Waals surface area contributed by atoms with Crippen molar-refractivity contribution in [2.75, 3.05) is 28.4 Å². The second-order valence-electron chi connectivity index (χ2n) is 22.5. The lowest BCUT2D eigenvalue weighted by Gasteiger charge is -2.49. The van der Waals surface area contributed by atoms with Crippen molar-refractivity contribution in [1.82, 2.24) is 0 Å². The van der Waals surface area contributed by atoms with Crippen molar-refractivity contribution in [2.45, 2.75) is 239 Å². The molecule has 0 aromatic heterocycles. The Balaban J connectivity index is 8.25. The van der Waals surface area contributed by atoms with Crippen LogP contribution in [0.1, 0.15) is 130 Å². The molecule has 0 aromatic carbocycles. The summed E-state index contributed by atoms with van der Waals surface area (Å²) >= 11 is 0. The van der Waals surface area contributed by atoms with Gasteiger partial charge in [-0.3, -0.25) is 19.2 Å². The highest BCUT2D eigenvalue weighted by molar-refractivity contribution is 6.94. The molecule has 70 heavy (non-hydrogen) atoms. The molecule has 0 rings (SSSR count). The quantitative estimate of drug-likeness (QED) is 0.0246. The van der Waals surface area contributed by atoms with Crippen LogP contribution < -0.4 is 0 Å². The number of methoxy groups -OCH3 is 4. The first-order valence-corrected chi connectivity index (χ1v) is 48.0. The minimum Gasteiger partial charge on any atom is -0.469 e. The van der Waals surface area contributed by atoms with Gasteiger partial charge in [0.05, 0.1) is 51.4 Å². The van der Waals surface area contributed by atoms with Crippen LogP contribution in [0, 0.1) is 11.8 Å². The molecule has 0 N–H and O–H groups in total. The van der Waals surface area contributed by atoms with Gasteiger partial charge in [0.2, 0.25) is 0 Å². The molecule has 0 amide bonds. The zero-order chi connectivity index (χ0) is 54.2. The van der Waals surface area contributed by atoms with Crippen LogP contribution in [0.25, 0.3) is 0 Å². The van der Waals surface area contributed by atoms with Gasteiger partial charge in [0, 0.05) is 12.1 Å². The number of ether oxygens (including phenoxy) is 4. The van der Waals surface area contributed by atoms with Crippen LogP contribution in [-0.2, 0) is 66.9 Å². The summed E-state index contributed by atoms with van der Waals surface area (Å²) in [6.07, 6.45) is 15.5. The molecule has 0 fully saturated rings.